The molecule has 0 amide bonds. The van der Waals surface area contributed by atoms with Gasteiger partial charge in [0.1, 0.15) is 5.15 Å². The van der Waals surface area contributed by atoms with Crippen LogP contribution in [0.1, 0.15) is 39.0 Å². The number of H-pyrrole nitrogens is 1. The van der Waals surface area contributed by atoms with E-state index >= 15 is 0 Å². The Balaban J connectivity index is 2.02. The molecule has 0 saturated heterocycles. The van der Waals surface area contributed by atoms with Gasteiger partial charge in [-0.2, -0.15) is 0 Å². The van der Waals surface area contributed by atoms with E-state index in [4.69, 9.17) is 11.6 Å². The zero-order chi connectivity index (χ0) is 13.1. The van der Waals surface area contributed by atoms with E-state index < -0.39 is 5.69 Å². The first-order chi connectivity index (χ1) is 8.56. The van der Waals surface area contributed by atoms with E-state index in [-0.39, 0.29) is 10.7 Å². The molecule has 2 atom stereocenters. The Kier molecular flexibility index (Phi) is 4.27. The molecule has 18 heavy (non-hydrogen) atoms. The molecule has 100 valence electrons. The highest BCUT2D eigenvalue weighted by molar-refractivity contribution is 6.29. The summed E-state index contributed by atoms with van der Waals surface area (Å²) in [4.78, 5) is 25.7. The van der Waals surface area contributed by atoms with Gasteiger partial charge in [-0.3, -0.25) is 14.3 Å². The lowest BCUT2D eigenvalue weighted by Gasteiger charge is -2.26. The van der Waals surface area contributed by atoms with Crippen molar-refractivity contribution in [2.45, 2.75) is 45.6 Å². The lowest BCUT2D eigenvalue weighted by molar-refractivity contribution is 0.259. The molecule has 1 saturated carbocycles. The molecule has 1 aliphatic carbocycles. The Morgan fingerprint density at radius 3 is 2.89 bits per heavy atom. The van der Waals surface area contributed by atoms with Crippen LogP contribution in [0.25, 0.3) is 0 Å². The molecule has 0 aliphatic heterocycles. The van der Waals surface area contributed by atoms with Crippen LogP contribution >= 0.6 is 11.6 Å². The summed E-state index contributed by atoms with van der Waals surface area (Å²) in [6, 6.07) is 1.26. The zero-order valence-corrected chi connectivity index (χ0v) is 11.4. The van der Waals surface area contributed by atoms with Gasteiger partial charge in [0.05, 0.1) is 0 Å². The van der Waals surface area contributed by atoms with Crippen LogP contribution in [-0.2, 0) is 6.54 Å². The van der Waals surface area contributed by atoms with Gasteiger partial charge >= 0.3 is 5.69 Å². The van der Waals surface area contributed by atoms with Gasteiger partial charge in [-0.25, -0.2) is 4.79 Å². The fourth-order valence-electron chi connectivity index (χ4n) is 2.84. The van der Waals surface area contributed by atoms with Gasteiger partial charge in [0.25, 0.3) is 5.56 Å². The van der Waals surface area contributed by atoms with Gasteiger partial charge in [-0.15, -0.1) is 0 Å². The molecule has 1 aliphatic rings. The average molecular weight is 271 g/mol. The Morgan fingerprint density at radius 2 is 2.22 bits per heavy atom. The molecule has 4 nitrogen and oxygen atoms in total. The normalized spacial score (nSPS) is 24.1. The molecule has 0 spiro atoms. The van der Waals surface area contributed by atoms with Gasteiger partial charge in [-0.05, 0) is 24.7 Å². The third kappa shape index (κ3) is 3.25. The number of rotatable bonds is 3. The van der Waals surface area contributed by atoms with E-state index in [0.717, 1.165) is 12.3 Å². The van der Waals surface area contributed by atoms with Gasteiger partial charge in [0.2, 0.25) is 0 Å². The highest BCUT2D eigenvalue weighted by Gasteiger charge is 2.19. The smallest absolute Gasteiger partial charge is 0.298 e. The van der Waals surface area contributed by atoms with Crippen molar-refractivity contribution in [1.82, 2.24) is 9.55 Å². The summed E-state index contributed by atoms with van der Waals surface area (Å²) in [5, 5.41) is 0.104. The number of halogens is 1. The molecular weight excluding hydrogens is 252 g/mol. The van der Waals surface area contributed by atoms with E-state index in [1.54, 1.807) is 0 Å². The SMILES string of the molecule is CC1CCCC(CCn2c(=O)cc(Cl)[nH]c2=O)C1. The summed E-state index contributed by atoms with van der Waals surface area (Å²) in [5.41, 5.74) is -0.719. The molecule has 5 heteroatoms. The lowest BCUT2D eigenvalue weighted by Crippen LogP contribution is -2.35. The van der Waals surface area contributed by atoms with Gasteiger partial charge < -0.3 is 0 Å². The molecule has 1 fully saturated rings. The van der Waals surface area contributed by atoms with E-state index in [0.29, 0.717) is 12.5 Å². The molecule has 0 aromatic carbocycles. The van der Waals surface area contributed by atoms with Crippen LogP contribution < -0.4 is 11.2 Å². The van der Waals surface area contributed by atoms with Crippen molar-refractivity contribution in [1.29, 1.82) is 0 Å². The molecule has 0 bridgehead atoms. The first-order valence-corrected chi connectivity index (χ1v) is 6.93. The highest BCUT2D eigenvalue weighted by atomic mass is 35.5. The topological polar surface area (TPSA) is 54.9 Å². The van der Waals surface area contributed by atoms with Crippen LogP contribution in [-0.4, -0.2) is 9.55 Å². The van der Waals surface area contributed by atoms with Crippen molar-refractivity contribution >= 4 is 11.6 Å². The minimum atomic E-state index is -0.406. The molecule has 0 radical (unpaired) electrons. The third-order valence-electron chi connectivity index (χ3n) is 3.79. The largest absolute Gasteiger partial charge is 0.329 e. The molecule has 1 heterocycles. The summed E-state index contributed by atoms with van der Waals surface area (Å²) in [5.74, 6) is 1.40. The number of nitrogens with one attached hydrogen (secondary N) is 1. The van der Waals surface area contributed by atoms with Gasteiger partial charge in [0, 0.05) is 12.6 Å². The van der Waals surface area contributed by atoms with E-state index in [1.807, 2.05) is 0 Å². The summed E-state index contributed by atoms with van der Waals surface area (Å²) in [6.45, 7) is 2.76. The number of hydrogen-bond donors (Lipinski definition) is 1. The molecule has 2 unspecified atom stereocenters. The summed E-state index contributed by atoms with van der Waals surface area (Å²) in [6.07, 6.45) is 5.88. The predicted octanol–water partition coefficient (Wildman–Crippen LogP) is 2.41. The van der Waals surface area contributed by atoms with Crippen molar-refractivity contribution in [2.75, 3.05) is 0 Å². The summed E-state index contributed by atoms with van der Waals surface area (Å²) in [7, 11) is 0. The third-order valence-corrected chi connectivity index (χ3v) is 4.00. The molecular formula is C13H19ClN2O2. The van der Waals surface area contributed by atoms with E-state index in [2.05, 4.69) is 11.9 Å². The summed E-state index contributed by atoms with van der Waals surface area (Å²) >= 11 is 5.62. The van der Waals surface area contributed by atoms with Crippen molar-refractivity contribution in [3.05, 3.63) is 32.1 Å². The second-order valence-corrected chi connectivity index (χ2v) is 5.75. The fraction of sp³-hybridized carbons (Fsp3) is 0.692. The molecule has 2 rings (SSSR count). The maximum absolute atomic E-state index is 11.7. The van der Waals surface area contributed by atoms with Crippen LogP contribution in [0.5, 0.6) is 0 Å². The molecule has 1 N–H and O–H groups in total. The predicted molar refractivity (Wildman–Crippen MR) is 72.1 cm³/mol. The quantitative estimate of drug-likeness (QED) is 0.858. The highest BCUT2D eigenvalue weighted by Crippen LogP contribution is 2.30. The van der Waals surface area contributed by atoms with Crippen LogP contribution in [0.15, 0.2) is 15.7 Å². The Morgan fingerprint density at radius 1 is 1.44 bits per heavy atom. The number of aromatic amines is 1. The van der Waals surface area contributed by atoms with Crippen molar-refractivity contribution in [3.8, 4) is 0 Å². The zero-order valence-electron chi connectivity index (χ0n) is 10.6. The lowest BCUT2D eigenvalue weighted by atomic mass is 9.81. The van der Waals surface area contributed by atoms with E-state index in [1.165, 1.54) is 36.3 Å². The van der Waals surface area contributed by atoms with E-state index in [9.17, 15) is 9.59 Å². The van der Waals surface area contributed by atoms with Crippen molar-refractivity contribution < 1.29 is 0 Å². The van der Waals surface area contributed by atoms with Gasteiger partial charge in [0.15, 0.2) is 0 Å². The number of nitrogens with zero attached hydrogens (tertiary/aromatic N) is 1. The first-order valence-electron chi connectivity index (χ1n) is 6.56. The molecule has 1 aromatic heterocycles. The monoisotopic (exact) mass is 270 g/mol. The number of aromatic nitrogens is 2. The Labute approximate surface area is 111 Å². The Bertz CT molecular complexity index is 489. The van der Waals surface area contributed by atoms with Crippen LogP contribution in [0, 0.1) is 11.8 Å². The maximum Gasteiger partial charge on any atom is 0.329 e. The molecule has 1 aromatic rings. The van der Waals surface area contributed by atoms with Gasteiger partial charge in [-0.1, -0.05) is 37.8 Å². The maximum atomic E-state index is 11.7. The second-order valence-electron chi connectivity index (χ2n) is 5.34. The fourth-order valence-corrected chi connectivity index (χ4v) is 3.01. The first kappa shape index (κ1) is 13.4. The standard InChI is InChI=1S/C13H19ClN2O2/c1-9-3-2-4-10(7-9)5-6-16-12(17)8-11(14)15-13(16)18/h8-10H,2-7H2,1H3,(H,15,18). The minimum Gasteiger partial charge on any atom is -0.298 e. The Hall–Kier alpha value is -1.03. The number of hydrogen-bond acceptors (Lipinski definition) is 2. The minimum absolute atomic E-state index is 0.104. The van der Waals surface area contributed by atoms with Crippen molar-refractivity contribution in [3.63, 3.8) is 0 Å². The van der Waals surface area contributed by atoms with Crippen LogP contribution in [0.3, 0.4) is 0 Å². The second kappa shape index (κ2) is 5.74. The summed E-state index contributed by atoms with van der Waals surface area (Å²) < 4.78 is 1.24. The van der Waals surface area contributed by atoms with Crippen molar-refractivity contribution in [2.24, 2.45) is 11.8 Å². The van der Waals surface area contributed by atoms with Crippen LogP contribution in [0.2, 0.25) is 5.15 Å². The van der Waals surface area contributed by atoms with Crippen LogP contribution in [0.4, 0.5) is 0 Å². The average Bonchev–Trinajstić information content (AvgIpc) is 2.27.